The number of nitrogens with one attached hydrogen (secondary N) is 1. The first-order valence-corrected chi connectivity index (χ1v) is 7.90. The molecule has 4 nitrogen and oxygen atoms in total. The fraction of sp³-hybridized carbons (Fsp3) is 0.278. The third kappa shape index (κ3) is 3.19. The lowest BCUT2D eigenvalue weighted by Crippen LogP contribution is -2.41. The summed E-state index contributed by atoms with van der Waals surface area (Å²) in [6, 6.07) is 14.2. The van der Waals surface area contributed by atoms with Crippen LogP contribution >= 0.6 is 11.6 Å². The second kappa shape index (κ2) is 6.60. The van der Waals surface area contributed by atoms with Gasteiger partial charge < -0.3 is 15.2 Å². The minimum atomic E-state index is -0.589. The number of carbonyl (C=O) groups is 1. The second-order valence-electron chi connectivity index (χ2n) is 5.66. The topological polar surface area (TPSA) is 58.6 Å². The molecule has 23 heavy (non-hydrogen) atoms. The van der Waals surface area contributed by atoms with Crippen LogP contribution in [0.1, 0.15) is 30.0 Å². The van der Waals surface area contributed by atoms with Crippen LogP contribution in [0.5, 0.6) is 5.75 Å². The molecule has 0 aromatic heterocycles. The Morgan fingerprint density at radius 3 is 2.61 bits per heavy atom. The molecule has 1 aliphatic heterocycles. The monoisotopic (exact) mass is 331 g/mol. The molecule has 0 fully saturated rings. The van der Waals surface area contributed by atoms with Crippen molar-refractivity contribution in [1.82, 2.24) is 5.32 Å². The summed E-state index contributed by atoms with van der Waals surface area (Å²) < 4.78 is 5.77. The number of amides is 1. The summed E-state index contributed by atoms with van der Waals surface area (Å²) in [4.78, 5) is 12.6. The molecular weight excluding hydrogens is 314 g/mol. The molecule has 0 aliphatic carbocycles. The van der Waals surface area contributed by atoms with Gasteiger partial charge in [-0.3, -0.25) is 4.79 Å². The number of rotatable bonds is 4. The first-order valence-electron chi connectivity index (χ1n) is 7.52. The number of halogens is 1. The molecule has 2 aromatic rings. The second-order valence-corrected chi connectivity index (χ2v) is 6.10. The van der Waals surface area contributed by atoms with E-state index in [1.54, 1.807) is 24.3 Å². The number of aliphatic hydroxyl groups is 1. The predicted molar refractivity (Wildman–Crippen MR) is 88.7 cm³/mol. The average molecular weight is 332 g/mol. The fourth-order valence-electron chi connectivity index (χ4n) is 2.83. The molecule has 0 spiro atoms. The molecule has 1 amide bonds. The SMILES string of the molecule is CC1c2ccccc2OC1C(=O)NC(CO)c1ccc(Cl)cc1. The molecule has 5 heteroatoms. The van der Waals surface area contributed by atoms with Gasteiger partial charge in [-0.25, -0.2) is 0 Å². The summed E-state index contributed by atoms with van der Waals surface area (Å²) in [5.74, 6) is 0.477. The summed E-state index contributed by atoms with van der Waals surface area (Å²) in [5, 5.41) is 13.1. The van der Waals surface area contributed by atoms with Gasteiger partial charge in [-0.2, -0.15) is 0 Å². The summed E-state index contributed by atoms with van der Waals surface area (Å²) >= 11 is 5.87. The van der Waals surface area contributed by atoms with E-state index < -0.39 is 12.1 Å². The van der Waals surface area contributed by atoms with E-state index in [9.17, 15) is 9.90 Å². The Balaban J connectivity index is 1.73. The molecule has 120 valence electrons. The Hall–Kier alpha value is -2.04. The molecule has 1 heterocycles. The van der Waals surface area contributed by atoms with Crippen LogP contribution in [0, 0.1) is 0 Å². The number of aliphatic hydroxyl groups excluding tert-OH is 1. The Bertz CT molecular complexity index is 702. The van der Waals surface area contributed by atoms with Gasteiger partial charge in [-0.05, 0) is 23.8 Å². The van der Waals surface area contributed by atoms with Gasteiger partial charge in [0.25, 0.3) is 5.91 Å². The van der Waals surface area contributed by atoms with Crippen LogP contribution in [0.4, 0.5) is 0 Å². The van der Waals surface area contributed by atoms with E-state index in [0.29, 0.717) is 5.02 Å². The third-order valence-corrected chi connectivity index (χ3v) is 4.40. The van der Waals surface area contributed by atoms with Crippen LogP contribution in [0.3, 0.4) is 0 Å². The van der Waals surface area contributed by atoms with Crippen molar-refractivity contribution in [2.75, 3.05) is 6.61 Å². The minimum absolute atomic E-state index is 0.0317. The quantitative estimate of drug-likeness (QED) is 0.905. The number of para-hydroxylation sites is 1. The first-order chi connectivity index (χ1) is 11.1. The lowest BCUT2D eigenvalue weighted by Gasteiger charge is -2.21. The maximum Gasteiger partial charge on any atom is 0.262 e. The average Bonchev–Trinajstić information content (AvgIpc) is 2.91. The van der Waals surface area contributed by atoms with Crippen molar-refractivity contribution in [2.45, 2.75) is 25.0 Å². The van der Waals surface area contributed by atoms with Crippen molar-refractivity contribution < 1.29 is 14.6 Å². The highest BCUT2D eigenvalue weighted by molar-refractivity contribution is 6.30. The number of carbonyl (C=O) groups excluding carboxylic acids is 1. The lowest BCUT2D eigenvalue weighted by atomic mass is 9.96. The van der Waals surface area contributed by atoms with Gasteiger partial charge in [0.2, 0.25) is 0 Å². The van der Waals surface area contributed by atoms with Gasteiger partial charge in [-0.15, -0.1) is 0 Å². The highest BCUT2D eigenvalue weighted by Gasteiger charge is 2.36. The zero-order valence-electron chi connectivity index (χ0n) is 12.7. The Labute approximate surface area is 140 Å². The number of fused-ring (bicyclic) bond motifs is 1. The molecule has 3 unspecified atom stereocenters. The van der Waals surface area contributed by atoms with Crippen molar-refractivity contribution in [2.24, 2.45) is 0 Å². The van der Waals surface area contributed by atoms with Gasteiger partial charge in [0, 0.05) is 16.5 Å². The van der Waals surface area contributed by atoms with Crippen LogP contribution in [-0.2, 0) is 4.79 Å². The van der Waals surface area contributed by atoms with Crippen LogP contribution in [0.25, 0.3) is 0 Å². The van der Waals surface area contributed by atoms with Crippen LogP contribution in [0.15, 0.2) is 48.5 Å². The first kappa shape index (κ1) is 15.8. The van der Waals surface area contributed by atoms with E-state index in [1.807, 2.05) is 31.2 Å². The molecule has 3 rings (SSSR count). The van der Waals surface area contributed by atoms with E-state index in [0.717, 1.165) is 16.9 Å². The van der Waals surface area contributed by atoms with E-state index in [2.05, 4.69) is 5.32 Å². The van der Waals surface area contributed by atoms with Crippen LogP contribution in [0.2, 0.25) is 5.02 Å². The molecule has 0 saturated carbocycles. The summed E-state index contributed by atoms with van der Waals surface area (Å²) in [6.07, 6.45) is -0.589. The molecule has 2 N–H and O–H groups in total. The number of ether oxygens (including phenoxy) is 1. The lowest BCUT2D eigenvalue weighted by molar-refractivity contribution is -0.129. The Kier molecular flexibility index (Phi) is 4.55. The van der Waals surface area contributed by atoms with Crippen LogP contribution < -0.4 is 10.1 Å². The molecule has 0 radical (unpaired) electrons. The van der Waals surface area contributed by atoms with Crippen LogP contribution in [-0.4, -0.2) is 23.7 Å². The normalized spacial score (nSPS) is 20.5. The summed E-state index contributed by atoms with van der Waals surface area (Å²) in [6.45, 7) is 1.77. The largest absolute Gasteiger partial charge is 0.480 e. The molecule has 3 atom stereocenters. The van der Waals surface area contributed by atoms with Gasteiger partial charge in [0.15, 0.2) is 6.10 Å². The molecule has 0 saturated heterocycles. The summed E-state index contributed by atoms with van der Waals surface area (Å²) in [5.41, 5.74) is 1.83. The fourth-order valence-corrected chi connectivity index (χ4v) is 2.96. The van der Waals surface area contributed by atoms with E-state index in [4.69, 9.17) is 16.3 Å². The van der Waals surface area contributed by atoms with Gasteiger partial charge in [0.1, 0.15) is 5.75 Å². The van der Waals surface area contributed by atoms with Crippen molar-refractivity contribution in [3.05, 3.63) is 64.7 Å². The van der Waals surface area contributed by atoms with E-state index >= 15 is 0 Å². The van der Waals surface area contributed by atoms with Crippen molar-refractivity contribution >= 4 is 17.5 Å². The van der Waals surface area contributed by atoms with Gasteiger partial charge in [0.05, 0.1) is 12.6 Å². The highest BCUT2D eigenvalue weighted by atomic mass is 35.5. The molecule has 0 bridgehead atoms. The molecular formula is C18H18ClNO3. The minimum Gasteiger partial charge on any atom is -0.480 e. The third-order valence-electron chi connectivity index (χ3n) is 4.15. The van der Waals surface area contributed by atoms with Gasteiger partial charge in [-0.1, -0.05) is 48.9 Å². The standard InChI is InChI=1S/C18H18ClNO3/c1-11-14-4-2-3-5-16(14)23-17(11)18(22)20-15(10-21)12-6-8-13(19)9-7-12/h2-9,11,15,17,21H,10H2,1H3,(H,20,22). The number of hydrogen-bond donors (Lipinski definition) is 2. The van der Waals surface area contributed by atoms with E-state index in [1.165, 1.54) is 0 Å². The van der Waals surface area contributed by atoms with Crippen molar-refractivity contribution in [1.29, 1.82) is 0 Å². The van der Waals surface area contributed by atoms with Crippen molar-refractivity contribution in [3.8, 4) is 5.75 Å². The maximum absolute atomic E-state index is 12.6. The smallest absolute Gasteiger partial charge is 0.262 e. The number of benzene rings is 2. The summed E-state index contributed by atoms with van der Waals surface area (Å²) in [7, 11) is 0. The van der Waals surface area contributed by atoms with E-state index in [-0.39, 0.29) is 18.4 Å². The molecule has 1 aliphatic rings. The zero-order valence-corrected chi connectivity index (χ0v) is 13.5. The highest BCUT2D eigenvalue weighted by Crippen LogP contribution is 2.37. The number of hydrogen-bond acceptors (Lipinski definition) is 3. The Morgan fingerprint density at radius 1 is 1.26 bits per heavy atom. The maximum atomic E-state index is 12.6. The zero-order chi connectivity index (χ0) is 16.4. The Morgan fingerprint density at radius 2 is 1.96 bits per heavy atom. The predicted octanol–water partition coefficient (Wildman–Crippen LogP) is 3.05. The molecule has 2 aromatic carbocycles. The van der Waals surface area contributed by atoms with Crippen molar-refractivity contribution in [3.63, 3.8) is 0 Å². The van der Waals surface area contributed by atoms with Gasteiger partial charge >= 0.3 is 0 Å².